The zero-order chi connectivity index (χ0) is 9.71. The molecule has 74 valence electrons. The molecule has 2 bridgehead atoms. The summed E-state index contributed by atoms with van der Waals surface area (Å²) in [4.78, 5) is 3.75. The summed E-state index contributed by atoms with van der Waals surface area (Å²) in [5.41, 5.74) is 1.90. The van der Waals surface area contributed by atoms with E-state index in [1.807, 2.05) is 0 Å². The molecule has 3 rings (SSSR count). The van der Waals surface area contributed by atoms with Gasteiger partial charge in [-0.25, -0.2) is 4.98 Å². The van der Waals surface area contributed by atoms with Gasteiger partial charge in [-0.15, -0.1) is 0 Å². The summed E-state index contributed by atoms with van der Waals surface area (Å²) in [6.07, 6.45) is 4.60. The highest BCUT2D eigenvalue weighted by Gasteiger charge is 2.35. The summed E-state index contributed by atoms with van der Waals surface area (Å²) >= 11 is 3.45. The normalized spacial score (nSPS) is 29.0. The SMILES string of the molecule is Fc1ncc(Br)c2c1C[C@@H]1CC[C@H]2N1. The highest BCUT2D eigenvalue weighted by Crippen LogP contribution is 2.39. The zero-order valence-corrected chi connectivity index (χ0v) is 9.14. The molecule has 0 spiro atoms. The van der Waals surface area contributed by atoms with Crippen LogP contribution >= 0.6 is 15.9 Å². The maximum Gasteiger partial charge on any atom is 0.216 e. The summed E-state index contributed by atoms with van der Waals surface area (Å²) in [7, 11) is 0. The van der Waals surface area contributed by atoms with Crippen LogP contribution in [0.4, 0.5) is 4.39 Å². The minimum atomic E-state index is -0.290. The first-order chi connectivity index (χ1) is 6.75. The fourth-order valence-electron chi connectivity index (χ4n) is 2.54. The number of aromatic nitrogens is 1. The Bertz CT molecular complexity index is 394. The molecule has 1 aromatic heterocycles. The Kier molecular flexibility index (Phi) is 1.89. The maximum absolute atomic E-state index is 13.5. The van der Waals surface area contributed by atoms with Crippen molar-refractivity contribution in [2.24, 2.45) is 0 Å². The molecule has 1 N–H and O–H groups in total. The lowest BCUT2D eigenvalue weighted by Crippen LogP contribution is -2.33. The van der Waals surface area contributed by atoms with E-state index >= 15 is 0 Å². The highest BCUT2D eigenvalue weighted by atomic mass is 79.9. The predicted molar refractivity (Wildman–Crippen MR) is 54.5 cm³/mol. The molecule has 0 unspecified atom stereocenters. The van der Waals surface area contributed by atoms with Crippen molar-refractivity contribution >= 4 is 15.9 Å². The summed E-state index contributed by atoms with van der Waals surface area (Å²) < 4.78 is 14.4. The number of halogens is 2. The first kappa shape index (κ1) is 8.80. The van der Waals surface area contributed by atoms with Crippen LogP contribution in [0, 0.1) is 5.95 Å². The maximum atomic E-state index is 13.5. The molecule has 1 fully saturated rings. The molecule has 2 atom stereocenters. The molecule has 0 radical (unpaired) electrons. The second kappa shape index (κ2) is 3.00. The quantitative estimate of drug-likeness (QED) is 0.721. The molecule has 2 nitrogen and oxygen atoms in total. The Hall–Kier alpha value is -0.480. The lowest BCUT2D eigenvalue weighted by atomic mass is 9.97. The van der Waals surface area contributed by atoms with Gasteiger partial charge >= 0.3 is 0 Å². The first-order valence-electron chi connectivity index (χ1n) is 4.84. The van der Waals surface area contributed by atoms with E-state index in [0.717, 1.165) is 34.9 Å². The van der Waals surface area contributed by atoms with Crippen molar-refractivity contribution in [1.29, 1.82) is 0 Å². The van der Waals surface area contributed by atoms with Crippen molar-refractivity contribution in [2.75, 3.05) is 0 Å². The molecule has 0 saturated carbocycles. The number of nitrogens with one attached hydrogen (secondary N) is 1. The fraction of sp³-hybridized carbons (Fsp3) is 0.500. The van der Waals surface area contributed by atoms with Gasteiger partial charge in [-0.3, -0.25) is 0 Å². The minimum Gasteiger partial charge on any atom is -0.307 e. The lowest BCUT2D eigenvalue weighted by molar-refractivity contribution is 0.476. The molecule has 1 aromatic rings. The lowest BCUT2D eigenvalue weighted by Gasteiger charge is -2.25. The smallest absolute Gasteiger partial charge is 0.216 e. The number of hydrogen-bond donors (Lipinski definition) is 1. The molecule has 2 aliphatic heterocycles. The summed E-state index contributed by atoms with van der Waals surface area (Å²) in [6, 6.07) is 0.786. The van der Waals surface area contributed by atoms with Crippen molar-refractivity contribution < 1.29 is 4.39 Å². The molecular weight excluding hydrogens is 247 g/mol. The van der Waals surface area contributed by atoms with Gasteiger partial charge in [-0.05, 0) is 40.8 Å². The molecule has 0 aliphatic carbocycles. The van der Waals surface area contributed by atoms with E-state index in [2.05, 4.69) is 26.2 Å². The largest absolute Gasteiger partial charge is 0.307 e. The van der Waals surface area contributed by atoms with E-state index in [0.29, 0.717) is 12.1 Å². The topological polar surface area (TPSA) is 24.9 Å². The molecule has 0 amide bonds. The van der Waals surface area contributed by atoms with Gasteiger partial charge < -0.3 is 5.32 Å². The van der Waals surface area contributed by atoms with Gasteiger partial charge in [0.1, 0.15) is 0 Å². The molecule has 1 saturated heterocycles. The molecule has 0 aromatic carbocycles. The number of rotatable bonds is 0. The van der Waals surface area contributed by atoms with E-state index < -0.39 is 0 Å². The van der Waals surface area contributed by atoms with Crippen molar-refractivity contribution in [2.45, 2.75) is 31.3 Å². The van der Waals surface area contributed by atoms with Crippen LogP contribution in [-0.2, 0) is 6.42 Å². The van der Waals surface area contributed by atoms with Crippen LogP contribution in [0.15, 0.2) is 10.7 Å². The minimum absolute atomic E-state index is 0.290. The van der Waals surface area contributed by atoms with Crippen LogP contribution in [-0.4, -0.2) is 11.0 Å². The Balaban J connectivity index is 2.21. The third kappa shape index (κ3) is 1.13. The average Bonchev–Trinajstić information content (AvgIpc) is 2.54. The van der Waals surface area contributed by atoms with Crippen LogP contribution in [0.25, 0.3) is 0 Å². The van der Waals surface area contributed by atoms with E-state index in [-0.39, 0.29) is 5.95 Å². The van der Waals surface area contributed by atoms with Crippen molar-refractivity contribution in [1.82, 2.24) is 10.3 Å². The Labute approximate surface area is 90.0 Å². The highest BCUT2D eigenvalue weighted by molar-refractivity contribution is 9.10. The summed E-state index contributed by atoms with van der Waals surface area (Å²) in [6.45, 7) is 0. The van der Waals surface area contributed by atoms with Gasteiger partial charge in [0.15, 0.2) is 0 Å². The average molecular weight is 257 g/mol. The van der Waals surface area contributed by atoms with Crippen LogP contribution in [0.5, 0.6) is 0 Å². The second-order valence-electron chi connectivity index (χ2n) is 3.99. The number of nitrogens with zero attached hydrogens (tertiary/aromatic N) is 1. The van der Waals surface area contributed by atoms with Crippen LogP contribution in [0.3, 0.4) is 0 Å². The fourth-order valence-corrected chi connectivity index (χ4v) is 3.16. The number of fused-ring (bicyclic) bond motifs is 4. The predicted octanol–water partition coefficient (Wildman–Crippen LogP) is 2.33. The van der Waals surface area contributed by atoms with E-state index in [1.165, 1.54) is 0 Å². The van der Waals surface area contributed by atoms with Gasteiger partial charge in [0.25, 0.3) is 0 Å². The monoisotopic (exact) mass is 256 g/mol. The van der Waals surface area contributed by atoms with Crippen molar-refractivity contribution in [3.63, 3.8) is 0 Å². The van der Waals surface area contributed by atoms with Gasteiger partial charge in [-0.2, -0.15) is 4.39 Å². The van der Waals surface area contributed by atoms with Gasteiger partial charge in [0.2, 0.25) is 5.95 Å². The second-order valence-corrected chi connectivity index (χ2v) is 4.84. The van der Waals surface area contributed by atoms with Gasteiger partial charge in [0, 0.05) is 28.3 Å². The Morgan fingerprint density at radius 3 is 3.21 bits per heavy atom. The van der Waals surface area contributed by atoms with Crippen LogP contribution in [0.2, 0.25) is 0 Å². The first-order valence-corrected chi connectivity index (χ1v) is 5.64. The summed E-state index contributed by atoms with van der Waals surface area (Å²) in [5, 5.41) is 3.49. The number of hydrogen-bond acceptors (Lipinski definition) is 2. The molecular formula is C10H10BrFN2. The molecule has 4 heteroatoms. The van der Waals surface area contributed by atoms with Crippen molar-refractivity contribution in [3.8, 4) is 0 Å². The van der Waals surface area contributed by atoms with Gasteiger partial charge in [-0.1, -0.05) is 0 Å². The molecule has 3 heterocycles. The molecule has 14 heavy (non-hydrogen) atoms. The zero-order valence-electron chi connectivity index (χ0n) is 7.56. The van der Waals surface area contributed by atoms with Gasteiger partial charge in [0.05, 0.1) is 0 Å². The van der Waals surface area contributed by atoms with Crippen LogP contribution < -0.4 is 5.32 Å². The van der Waals surface area contributed by atoms with E-state index in [4.69, 9.17) is 0 Å². The van der Waals surface area contributed by atoms with Crippen molar-refractivity contribution in [3.05, 3.63) is 27.7 Å². The Morgan fingerprint density at radius 2 is 2.36 bits per heavy atom. The molecule has 2 aliphatic rings. The third-order valence-corrected chi connectivity index (χ3v) is 3.79. The van der Waals surface area contributed by atoms with E-state index in [1.54, 1.807) is 6.20 Å². The summed E-state index contributed by atoms with van der Waals surface area (Å²) in [5.74, 6) is -0.290. The standard InChI is InChI=1S/C10H10BrFN2/c11-7-4-13-10(12)6-3-5-1-2-8(14-5)9(6)7/h4-5,8,14H,1-3H2/t5-,8+/m0/s1. The number of pyridine rings is 1. The van der Waals surface area contributed by atoms with E-state index in [9.17, 15) is 4.39 Å². The Morgan fingerprint density at radius 1 is 1.50 bits per heavy atom. The van der Waals surface area contributed by atoms with Crippen LogP contribution in [0.1, 0.15) is 30.0 Å². The third-order valence-electron chi connectivity index (χ3n) is 3.16.